The van der Waals surface area contributed by atoms with E-state index in [9.17, 15) is 9.90 Å². The first-order chi connectivity index (χ1) is 17.5. The highest BCUT2D eigenvalue weighted by Gasteiger charge is 2.30. The molecule has 194 valence electrons. The van der Waals surface area contributed by atoms with E-state index in [1.54, 1.807) is 26.3 Å². The molecule has 9 heteroatoms. The molecule has 4 aromatic rings. The van der Waals surface area contributed by atoms with Gasteiger partial charge in [0.2, 0.25) is 0 Å². The molecule has 1 aliphatic heterocycles. The maximum atomic E-state index is 13.8. The van der Waals surface area contributed by atoms with Crippen molar-refractivity contribution in [1.82, 2.24) is 29.3 Å². The summed E-state index contributed by atoms with van der Waals surface area (Å²) in [6, 6.07) is 5.96. The highest BCUT2D eigenvalue weighted by Crippen LogP contribution is 2.33. The SMILES string of the molecule is Cc1nc(CN2CCN(C(=O)c3cc4c(-c5ccnc(C(C)(C)O)n5)cn(C)c4cc3C)C(C)C2)co1. The van der Waals surface area contributed by atoms with Crippen LogP contribution in [0.1, 0.15) is 54.1 Å². The number of hydrogen-bond acceptors (Lipinski definition) is 7. The Morgan fingerprint density at radius 3 is 2.68 bits per heavy atom. The number of oxazole rings is 1. The summed E-state index contributed by atoms with van der Waals surface area (Å²) in [6.45, 7) is 12.2. The topological polar surface area (TPSA) is 101 Å². The van der Waals surface area contributed by atoms with Crippen LogP contribution in [-0.2, 0) is 19.2 Å². The normalized spacial score (nSPS) is 17.1. The monoisotopic (exact) mass is 502 g/mol. The predicted molar refractivity (Wildman–Crippen MR) is 141 cm³/mol. The molecule has 1 saturated heterocycles. The van der Waals surface area contributed by atoms with Crippen LogP contribution in [0.4, 0.5) is 0 Å². The van der Waals surface area contributed by atoms with Gasteiger partial charge >= 0.3 is 0 Å². The molecule has 0 bridgehead atoms. The Balaban J connectivity index is 1.43. The molecular weight excluding hydrogens is 468 g/mol. The van der Waals surface area contributed by atoms with Gasteiger partial charge in [0.15, 0.2) is 11.7 Å². The van der Waals surface area contributed by atoms with Gasteiger partial charge in [-0.2, -0.15) is 0 Å². The van der Waals surface area contributed by atoms with Gasteiger partial charge in [-0.1, -0.05) is 0 Å². The molecule has 1 unspecified atom stereocenters. The van der Waals surface area contributed by atoms with E-state index in [1.807, 2.05) is 48.7 Å². The van der Waals surface area contributed by atoms with E-state index >= 15 is 0 Å². The summed E-state index contributed by atoms with van der Waals surface area (Å²) in [6.07, 6.45) is 5.38. The first kappa shape index (κ1) is 25.1. The fourth-order valence-corrected chi connectivity index (χ4v) is 5.11. The lowest BCUT2D eigenvalue weighted by atomic mass is 10.0. The summed E-state index contributed by atoms with van der Waals surface area (Å²) in [5.41, 5.74) is 4.05. The van der Waals surface area contributed by atoms with Gasteiger partial charge in [0.1, 0.15) is 11.9 Å². The molecule has 0 radical (unpaired) electrons. The van der Waals surface area contributed by atoms with Gasteiger partial charge in [-0.3, -0.25) is 9.69 Å². The summed E-state index contributed by atoms with van der Waals surface area (Å²) < 4.78 is 7.39. The van der Waals surface area contributed by atoms with Gasteiger partial charge in [-0.05, 0) is 51.5 Å². The summed E-state index contributed by atoms with van der Waals surface area (Å²) >= 11 is 0. The van der Waals surface area contributed by atoms with Crippen molar-refractivity contribution < 1.29 is 14.3 Å². The number of aliphatic hydroxyl groups is 1. The Bertz CT molecular complexity index is 1460. The molecule has 9 nitrogen and oxygen atoms in total. The minimum Gasteiger partial charge on any atom is -0.449 e. The molecule has 3 aromatic heterocycles. The zero-order valence-electron chi connectivity index (χ0n) is 22.3. The third kappa shape index (κ3) is 4.89. The first-order valence-corrected chi connectivity index (χ1v) is 12.6. The molecule has 1 aromatic carbocycles. The van der Waals surface area contributed by atoms with Gasteiger partial charge in [0.05, 0.1) is 11.4 Å². The summed E-state index contributed by atoms with van der Waals surface area (Å²) in [4.78, 5) is 31.4. The Labute approximate surface area is 216 Å². The summed E-state index contributed by atoms with van der Waals surface area (Å²) in [5, 5.41) is 11.4. The molecule has 1 amide bonds. The van der Waals surface area contributed by atoms with Crippen molar-refractivity contribution in [2.45, 2.75) is 52.8 Å². The number of carbonyl (C=O) groups is 1. The van der Waals surface area contributed by atoms with Crippen molar-refractivity contribution in [2.24, 2.45) is 7.05 Å². The van der Waals surface area contributed by atoms with Crippen LogP contribution in [0.5, 0.6) is 0 Å². The quantitative estimate of drug-likeness (QED) is 0.443. The number of rotatable bonds is 5. The summed E-state index contributed by atoms with van der Waals surface area (Å²) in [7, 11) is 1.99. The van der Waals surface area contributed by atoms with Crippen molar-refractivity contribution >= 4 is 16.8 Å². The first-order valence-electron chi connectivity index (χ1n) is 12.6. The van der Waals surface area contributed by atoms with Crippen molar-refractivity contribution in [3.05, 3.63) is 65.4 Å². The minimum absolute atomic E-state index is 0.0403. The van der Waals surface area contributed by atoms with Crippen LogP contribution in [-0.4, -0.2) is 66.0 Å². The van der Waals surface area contributed by atoms with Crippen LogP contribution in [0.2, 0.25) is 0 Å². The van der Waals surface area contributed by atoms with E-state index in [-0.39, 0.29) is 11.9 Å². The van der Waals surface area contributed by atoms with Gasteiger partial charge in [0.25, 0.3) is 5.91 Å². The molecule has 0 saturated carbocycles. The predicted octanol–water partition coefficient (Wildman–Crippen LogP) is 3.81. The van der Waals surface area contributed by atoms with Crippen LogP contribution in [0.3, 0.4) is 0 Å². The average Bonchev–Trinajstić information content (AvgIpc) is 3.40. The fourth-order valence-electron chi connectivity index (χ4n) is 5.11. The average molecular weight is 503 g/mol. The lowest BCUT2D eigenvalue weighted by Gasteiger charge is -2.39. The van der Waals surface area contributed by atoms with Crippen molar-refractivity contribution in [1.29, 1.82) is 0 Å². The lowest BCUT2D eigenvalue weighted by molar-refractivity contribution is 0.0472. The number of piperazine rings is 1. The van der Waals surface area contributed by atoms with Crippen LogP contribution < -0.4 is 0 Å². The van der Waals surface area contributed by atoms with Crippen LogP contribution >= 0.6 is 0 Å². The summed E-state index contributed by atoms with van der Waals surface area (Å²) in [5.74, 6) is 1.07. The highest BCUT2D eigenvalue weighted by molar-refractivity contribution is 6.04. The zero-order valence-corrected chi connectivity index (χ0v) is 22.3. The third-order valence-corrected chi connectivity index (χ3v) is 7.07. The van der Waals surface area contributed by atoms with Gasteiger partial charge in [-0.25, -0.2) is 15.0 Å². The van der Waals surface area contributed by atoms with E-state index in [0.29, 0.717) is 36.1 Å². The number of benzene rings is 1. The van der Waals surface area contributed by atoms with E-state index < -0.39 is 5.60 Å². The Hall–Kier alpha value is -3.56. The molecule has 1 N–H and O–H groups in total. The molecule has 0 aliphatic carbocycles. The van der Waals surface area contributed by atoms with Crippen molar-refractivity contribution in [2.75, 3.05) is 19.6 Å². The molecule has 37 heavy (non-hydrogen) atoms. The molecule has 4 heterocycles. The number of nitrogens with zero attached hydrogens (tertiary/aromatic N) is 6. The Morgan fingerprint density at radius 1 is 1.22 bits per heavy atom. The van der Waals surface area contributed by atoms with Crippen molar-refractivity contribution in [3.63, 3.8) is 0 Å². The Morgan fingerprint density at radius 2 is 2.00 bits per heavy atom. The van der Waals surface area contributed by atoms with Crippen molar-refractivity contribution in [3.8, 4) is 11.3 Å². The molecule has 0 spiro atoms. The van der Waals surface area contributed by atoms with Gasteiger partial charge in [0, 0.05) is 80.6 Å². The molecule has 1 fully saturated rings. The highest BCUT2D eigenvalue weighted by atomic mass is 16.3. The third-order valence-electron chi connectivity index (χ3n) is 7.07. The number of carbonyl (C=O) groups excluding carboxylic acids is 1. The van der Waals surface area contributed by atoms with Gasteiger partial charge in [-0.15, -0.1) is 0 Å². The van der Waals surface area contributed by atoms with E-state index in [0.717, 1.165) is 40.8 Å². The number of hydrogen-bond donors (Lipinski definition) is 1. The lowest BCUT2D eigenvalue weighted by Crippen LogP contribution is -2.53. The van der Waals surface area contributed by atoms with E-state index in [4.69, 9.17) is 4.42 Å². The molecule has 1 aliphatic rings. The van der Waals surface area contributed by atoms with Crippen LogP contribution in [0.15, 0.2) is 41.3 Å². The maximum absolute atomic E-state index is 13.8. The number of amides is 1. The number of aromatic nitrogens is 4. The number of fused-ring (bicyclic) bond motifs is 1. The fraction of sp³-hybridized carbons (Fsp3) is 0.429. The zero-order chi connectivity index (χ0) is 26.5. The molecular formula is C28H34N6O3. The minimum atomic E-state index is -1.15. The maximum Gasteiger partial charge on any atom is 0.254 e. The smallest absolute Gasteiger partial charge is 0.254 e. The second-order valence-corrected chi connectivity index (χ2v) is 10.6. The van der Waals surface area contributed by atoms with Gasteiger partial charge < -0.3 is 19.0 Å². The second kappa shape index (κ2) is 9.39. The van der Waals surface area contributed by atoms with E-state index in [2.05, 4.69) is 32.8 Å². The standard InChI is InChI=1S/C28H34N6O3/c1-17-11-25-22(23(15-32(25)6)24-7-8-29-27(31-24)28(4,5)36)12-21(17)26(35)34-10-9-33(13-18(34)2)14-20-16-37-19(3)30-20/h7-8,11-12,15-16,18,36H,9-10,13-14H2,1-6H3. The molecule has 5 rings (SSSR count). The molecule has 1 atom stereocenters. The van der Waals surface area contributed by atoms with E-state index in [1.165, 1.54) is 0 Å². The van der Waals surface area contributed by atoms with Crippen LogP contribution in [0.25, 0.3) is 22.2 Å². The number of aryl methyl sites for hydroxylation is 3. The largest absolute Gasteiger partial charge is 0.449 e. The second-order valence-electron chi connectivity index (χ2n) is 10.6. The van der Waals surface area contributed by atoms with Crippen LogP contribution in [0, 0.1) is 13.8 Å². The Kier molecular flexibility index (Phi) is 6.37.